The summed E-state index contributed by atoms with van der Waals surface area (Å²) in [5, 5.41) is 0. The molecule has 5 nitrogen and oxygen atoms in total. The predicted octanol–water partition coefficient (Wildman–Crippen LogP) is 1.03. The SMILES string of the molecule is [CH2-]c1cc(CNS(=O)[O-])ccc1N([C-]=O)CC1CC1.[Y]. The maximum Gasteiger partial charge on any atom is 0.0719 e. The van der Waals surface area contributed by atoms with Crippen LogP contribution in [0.2, 0.25) is 0 Å². The first kappa shape index (κ1) is 17.8. The fourth-order valence-electron chi connectivity index (χ4n) is 1.90. The molecule has 1 amide bonds. The van der Waals surface area contributed by atoms with Crippen molar-refractivity contribution in [2.24, 2.45) is 5.92 Å². The van der Waals surface area contributed by atoms with Crippen LogP contribution in [0.5, 0.6) is 0 Å². The molecule has 0 aromatic heterocycles. The zero-order chi connectivity index (χ0) is 13.8. The van der Waals surface area contributed by atoms with E-state index in [0.717, 1.165) is 24.1 Å². The summed E-state index contributed by atoms with van der Waals surface area (Å²) in [6, 6.07) is 5.33. The first-order chi connectivity index (χ1) is 9.10. The normalized spacial score (nSPS) is 15.2. The third kappa shape index (κ3) is 5.26. The second kappa shape index (κ2) is 8.24. The molecule has 0 saturated heterocycles. The van der Waals surface area contributed by atoms with E-state index in [-0.39, 0.29) is 39.3 Å². The maximum absolute atomic E-state index is 11.0. The van der Waals surface area contributed by atoms with Gasteiger partial charge in [0.2, 0.25) is 0 Å². The van der Waals surface area contributed by atoms with Crippen molar-refractivity contribution in [1.82, 2.24) is 4.72 Å². The number of nitrogens with one attached hydrogen (secondary N) is 1. The van der Waals surface area contributed by atoms with E-state index in [9.17, 15) is 13.6 Å². The Morgan fingerprint density at radius 2 is 2.20 bits per heavy atom. The molecule has 1 saturated carbocycles. The maximum atomic E-state index is 11.0. The van der Waals surface area contributed by atoms with Gasteiger partial charge in [0.15, 0.2) is 0 Å². The molecule has 1 aliphatic carbocycles. The van der Waals surface area contributed by atoms with E-state index in [4.69, 9.17) is 0 Å². The van der Waals surface area contributed by atoms with Crippen LogP contribution in [0.4, 0.5) is 5.69 Å². The van der Waals surface area contributed by atoms with Crippen molar-refractivity contribution in [3.05, 3.63) is 36.2 Å². The molecule has 0 bridgehead atoms. The standard InChI is InChI=1S/C13H16N2O3S.Y/c1-10-6-12(7-14-19(17)18)4-5-13(10)15(9-16)8-11-2-3-11;/h4-6,11,14H,1-3,7-8H2,(H,17,18);/q-2;/p-1. The molecule has 1 fully saturated rings. The van der Waals surface area contributed by atoms with Crippen molar-refractivity contribution in [2.75, 3.05) is 11.4 Å². The number of benzene rings is 1. The minimum absolute atomic E-state index is 0. The van der Waals surface area contributed by atoms with Crippen LogP contribution in [0.15, 0.2) is 18.2 Å². The average Bonchev–Trinajstić information content (AvgIpc) is 3.18. The molecule has 0 aliphatic heterocycles. The topological polar surface area (TPSA) is 72.5 Å². The Morgan fingerprint density at radius 3 is 2.70 bits per heavy atom. The molecule has 1 aliphatic rings. The van der Waals surface area contributed by atoms with Crippen molar-refractivity contribution < 1.29 is 46.3 Å². The smallest absolute Gasteiger partial charge is 0.0719 e. The van der Waals surface area contributed by atoms with Gasteiger partial charge in [-0.25, -0.2) is 17.2 Å². The minimum Gasteiger partial charge on any atom is -0.760 e. The molecule has 1 aromatic rings. The summed E-state index contributed by atoms with van der Waals surface area (Å²) in [6.07, 6.45) is 4.24. The molecule has 20 heavy (non-hydrogen) atoms. The van der Waals surface area contributed by atoms with Crippen LogP contribution in [0, 0.1) is 12.8 Å². The second-order valence-electron chi connectivity index (χ2n) is 4.66. The second-order valence-corrected chi connectivity index (χ2v) is 5.42. The molecule has 2 rings (SSSR count). The molecule has 0 spiro atoms. The van der Waals surface area contributed by atoms with E-state index < -0.39 is 11.3 Å². The van der Waals surface area contributed by atoms with Crippen LogP contribution < -0.4 is 9.62 Å². The molecule has 1 unspecified atom stereocenters. The van der Waals surface area contributed by atoms with Gasteiger partial charge in [-0.2, -0.15) is 6.07 Å². The number of carbonyl (C=O) groups excluding carboxylic acids is 1. The van der Waals surface area contributed by atoms with Gasteiger partial charge in [0.05, 0.1) is 6.41 Å². The third-order valence-electron chi connectivity index (χ3n) is 3.08. The van der Waals surface area contributed by atoms with Crippen molar-refractivity contribution >= 4 is 23.4 Å². The Hall–Kier alpha value is -0.266. The van der Waals surface area contributed by atoms with Gasteiger partial charge in [-0.05, 0) is 25.3 Å². The van der Waals surface area contributed by atoms with Gasteiger partial charge < -0.3 is 14.2 Å². The molecule has 7 heteroatoms. The van der Waals surface area contributed by atoms with E-state index in [1.807, 2.05) is 6.41 Å². The number of anilines is 1. The number of hydrogen-bond acceptors (Lipinski definition) is 3. The summed E-state index contributed by atoms with van der Waals surface area (Å²) < 4.78 is 23.1. The zero-order valence-electron chi connectivity index (χ0n) is 11.0. The van der Waals surface area contributed by atoms with Gasteiger partial charge in [-0.15, -0.1) is 11.8 Å². The van der Waals surface area contributed by atoms with Crippen molar-refractivity contribution in [3.8, 4) is 0 Å². The monoisotopic (exact) mass is 368 g/mol. The molecule has 1 aromatic carbocycles. The summed E-state index contributed by atoms with van der Waals surface area (Å²) >= 11 is -2.28. The van der Waals surface area contributed by atoms with E-state index in [1.165, 1.54) is 0 Å². The summed E-state index contributed by atoms with van der Waals surface area (Å²) in [4.78, 5) is 12.5. The van der Waals surface area contributed by atoms with Crippen LogP contribution in [-0.4, -0.2) is 21.7 Å². The Bertz CT molecular complexity index is 495. The quantitative estimate of drug-likeness (QED) is 0.444. The van der Waals surface area contributed by atoms with Gasteiger partial charge in [0.1, 0.15) is 0 Å². The van der Waals surface area contributed by atoms with Crippen LogP contribution in [0.25, 0.3) is 0 Å². The van der Waals surface area contributed by atoms with Crippen LogP contribution in [0.3, 0.4) is 0 Å². The van der Waals surface area contributed by atoms with E-state index in [0.29, 0.717) is 18.0 Å². The zero-order valence-corrected chi connectivity index (χ0v) is 14.7. The van der Waals surface area contributed by atoms with Gasteiger partial charge in [0, 0.05) is 50.5 Å². The Balaban J connectivity index is 0.00000200. The summed E-state index contributed by atoms with van der Waals surface area (Å²) in [6.45, 7) is 4.79. The van der Waals surface area contributed by atoms with Crippen molar-refractivity contribution in [2.45, 2.75) is 19.4 Å². The molecule has 0 heterocycles. The first-order valence-corrected chi connectivity index (χ1v) is 7.10. The molecule has 1 radical (unpaired) electrons. The van der Waals surface area contributed by atoms with Crippen molar-refractivity contribution in [1.29, 1.82) is 0 Å². The largest absolute Gasteiger partial charge is 0.760 e. The van der Waals surface area contributed by atoms with Gasteiger partial charge in [-0.1, -0.05) is 11.6 Å². The number of nitrogens with zero attached hydrogens (tertiary/aromatic N) is 1. The summed E-state index contributed by atoms with van der Waals surface area (Å²) in [5.41, 5.74) is 2.23. The predicted molar refractivity (Wildman–Crippen MR) is 72.4 cm³/mol. The first-order valence-electron chi connectivity index (χ1n) is 6.03. The van der Waals surface area contributed by atoms with Gasteiger partial charge in [-0.3, -0.25) is 4.21 Å². The summed E-state index contributed by atoms with van der Waals surface area (Å²) in [5.74, 6) is 0.574. The van der Waals surface area contributed by atoms with Crippen LogP contribution in [-0.2, 0) is 55.3 Å². The van der Waals surface area contributed by atoms with Crippen LogP contribution >= 0.6 is 0 Å². The molecular weight excluding hydrogens is 353 g/mol. The molecule has 1 N–H and O–H groups in total. The average molecular weight is 368 g/mol. The molecule has 107 valence electrons. The van der Waals surface area contributed by atoms with Crippen LogP contribution in [0.1, 0.15) is 24.0 Å². The van der Waals surface area contributed by atoms with Crippen molar-refractivity contribution in [3.63, 3.8) is 0 Å². The molecular formula is C13H15N2O3SY-3. The Kier molecular flexibility index (Phi) is 7.33. The van der Waals surface area contributed by atoms with E-state index >= 15 is 0 Å². The number of hydrogen-bond donors (Lipinski definition) is 1. The van der Waals surface area contributed by atoms with E-state index in [2.05, 4.69) is 11.6 Å². The molecule has 1 atom stereocenters. The minimum atomic E-state index is -2.28. The third-order valence-corrected chi connectivity index (χ3v) is 3.46. The fraction of sp³-hybridized carbons (Fsp3) is 0.385. The Morgan fingerprint density at radius 1 is 1.50 bits per heavy atom. The number of amides is 1. The van der Waals surface area contributed by atoms with Gasteiger partial charge in [0.25, 0.3) is 0 Å². The Labute approximate surface area is 146 Å². The van der Waals surface area contributed by atoms with E-state index in [1.54, 1.807) is 23.1 Å². The number of rotatable bonds is 7. The summed E-state index contributed by atoms with van der Waals surface area (Å²) in [7, 11) is 0. The van der Waals surface area contributed by atoms with Gasteiger partial charge >= 0.3 is 0 Å². The fourth-order valence-corrected chi connectivity index (χ4v) is 2.18.